The molecule has 0 aromatic carbocycles. The van der Waals surface area contributed by atoms with Crippen LogP contribution in [0.3, 0.4) is 0 Å². The number of hydrogen-bond donors (Lipinski definition) is 0. The largest absolute Gasteiger partial charge is 0.349 e. The van der Waals surface area contributed by atoms with Crippen LogP contribution < -0.4 is 0 Å². The van der Waals surface area contributed by atoms with Crippen LogP contribution in [0.1, 0.15) is 13.8 Å². The maximum atomic E-state index is 11.1. The van der Waals surface area contributed by atoms with Gasteiger partial charge in [-0.15, -0.1) is 0 Å². The molecule has 0 aromatic rings. The van der Waals surface area contributed by atoms with Gasteiger partial charge in [-0.2, -0.15) is 0 Å². The highest BCUT2D eigenvalue weighted by atomic mass is 16.2. The van der Waals surface area contributed by atoms with Crippen molar-refractivity contribution in [3.05, 3.63) is 6.92 Å². The Hall–Kier alpha value is -0.530. The van der Waals surface area contributed by atoms with E-state index in [1.54, 1.807) is 14.1 Å². The molecule has 1 amide bonds. The van der Waals surface area contributed by atoms with Crippen molar-refractivity contribution in [1.29, 1.82) is 0 Å². The first-order valence-electron chi connectivity index (χ1n) is 3.43. The van der Waals surface area contributed by atoms with Crippen LogP contribution in [0.4, 0.5) is 0 Å². The molecule has 0 heterocycles. The third-order valence-electron chi connectivity index (χ3n) is 1.44. The van der Waals surface area contributed by atoms with Crippen molar-refractivity contribution < 1.29 is 4.79 Å². The molecule has 2 heteroatoms. The van der Waals surface area contributed by atoms with Crippen LogP contribution in [-0.4, -0.2) is 24.9 Å². The topological polar surface area (TPSA) is 20.3 Å². The summed E-state index contributed by atoms with van der Waals surface area (Å²) in [7, 11) is 3.43. The molecule has 1 atom stereocenters. The number of hydrogen-bond acceptors (Lipinski definition) is 1. The molecule has 0 saturated carbocycles. The van der Waals surface area contributed by atoms with Crippen molar-refractivity contribution in [2.75, 3.05) is 14.1 Å². The lowest BCUT2D eigenvalue weighted by Crippen LogP contribution is -2.30. The first kappa shape index (κ1) is 9.47. The maximum absolute atomic E-state index is 11.1. The van der Waals surface area contributed by atoms with E-state index in [-0.39, 0.29) is 17.7 Å². The zero-order chi connectivity index (χ0) is 8.31. The first-order chi connectivity index (χ1) is 4.46. The third kappa shape index (κ3) is 2.38. The molecule has 0 N–H and O–H groups in total. The lowest BCUT2D eigenvalue weighted by Gasteiger charge is -2.18. The molecule has 58 valence electrons. The van der Waals surface area contributed by atoms with Gasteiger partial charge in [0.05, 0.1) is 0 Å². The predicted molar refractivity (Wildman–Crippen MR) is 41.3 cm³/mol. The minimum Gasteiger partial charge on any atom is -0.349 e. The predicted octanol–water partition coefficient (Wildman–Crippen LogP) is 1.06. The molecule has 0 saturated heterocycles. The SMILES string of the molecule is [CH]C(C(=O)N(C)C)C(C)C. The Bertz CT molecular complexity index is 118. The Labute approximate surface area is 63.2 Å². The summed E-state index contributed by atoms with van der Waals surface area (Å²) in [6.45, 7) is 9.44. The molecule has 0 bridgehead atoms. The number of carbonyl (C=O) groups excluding carboxylic acids is 1. The van der Waals surface area contributed by atoms with Gasteiger partial charge < -0.3 is 4.90 Å². The smallest absolute Gasteiger partial charge is 0.225 e. The van der Waals surface area contributed by atoms with Gasteiger partial charge in [0.1, 0.15) is 0 Å². The number of carbonyl (C=O) groups is 1. The quantitative estimate of drug-likeness (QED) is 0.563. The molecule has 0 spiro atoms. The van der Waals surface area contributed by atoms with Gasteiger partial charge in [0, 0.05) is 20.0 Å². The van der Waals surface area contributed by atoms with E-state index in [1.165, 1.54) is 4.90 Å². The average Bonchev–Trinajstić information content (AvgIpc) is 1.84. The van der Waals surface area contributed by atoms with Gasteiger partial charge in [-0.3, -0.25) is 4.79 Å². The fraction of sp³-hybridized carbons (Fsp3) is 0.750. The second kappa shape index (κ2) is 3.59. The maximum Gasteiger partial charge on any atom is 0.225 e. The van der Waals surface area contributed by atoms with E-state index in [0.29, 0.717) is 0 Å². The highest BCUT2D eigenvalue weighted by Crippen LogP contribution is 2.10. The number of nitrogens with zero attached hydrogens (tertiary/aromatic N) is 1. The van der Waals surface area contributed by atoms with Crippen molar-refractivity contribution in [3.8, 4) is 0 Å². The van der Waals surface area contributed by atoms with E-state index >= 15 is 0 Å². The van der Waals surface area contributed by atoms with Crippen LogP contribution >= 0.6 is 0 Å². The van der Waals surface area contributed by atoms with E-state index in [9.17, 15) is 4.79 Å². The normalized spacial score (nSPS) is 13.4. The van der Waals surface area contributed by atoms with Gasteiger partial charge in [-0.25, -0.2) is 0 Å². The molecule has 0 aromatic heterocycles. The highest BCUT2D eigenvalue weighted by molar-refractivity contribution is 5.79. The third-order valence-corrected chi connectivity index (χ3v) is 1.44. The monoisotopic (exact) mass is 141 g/mol. The Balaban J connectivity index is 3.95. The summed E-state index contributed by atoms with van der Waals surface area (Å²) in [6.07, 6.45) is 0. The van der Waals surface area contributed by atoms with Crippen molar-refractivity contribution in [1.82, 2.24) is 4.90 Å². The second-order valence-electron chi connectivity index (χ2n) is 3.00. The standard InChI is InChI=1S/C8H15NO/c1-6(2)7(3)8(10)9(4)5/h3,6-7H,1-2,4-5H3. The van der Waals surface area contributed by atoms with Gasteiger partial charge in [-0.05, 0) is 12.8 Å². The molecule has 0 fully saturated rings. The van der Waals surface area contributed by atoms with Gasteiger partial charge in [0.15, 0.2) is 0 Å². The summed E-state index contributed by atoms with van der Waals surface area (Å²) in [5.41, 5.74) is 0. The Morgan fingerprint density at radius 2 is 1.80 bits per heavy atom. The molecule has 1 unspecified atom stereocenters. The fourth-order valence-corrected chi connectivity index (χ4v) is 0.583. The van der Waals surface area contributed by atoms with E-state index in [4.69, 9.17) is 6.92 Å². The van der Waals surface area contributed by atoms with Crippen molar-refractivity contribution >= 4 is 5.91 Å². The number of rotatable bonds is 2. The van der Waals surface area contributed by atoms with E-state index in [1.807, 2.05) is 13.8 Å². The fourth-order valence-electron chi connectivity index (χ4n) is 0.583. The molecule has 0 aliphatic carbocycles. The molecular formula is C8H15NO. The number of amides is 1. The van der Waals surface area contributed by atoms with E-state index in [2.05, 4.69) is 0 Å². The second-order valence-corrected chi connectivity index (χ2v) is 3.00. The Kier molecular flexibility index (Phi) is 3.40. The summed E-state index contributed by atoms with van der Waals surface area (Å²) in [5.74, 6) is -0.139. The van der Waals surface area contributed by atoms with Crippen LogP contribution in [-0.2, 0) is 4.79 Å². The minimum atomic E-state index is -0.352. The zero-order valence-corrected chi connectivity index (χ0v) is 7.09. The summed E-state index contributed by atoms with van der Waals surface area (Å²) in [4.78, 5) is 12.6. The summed E-state index contributed by atoms with van der Waals surface area (Å²) >= 11 is 0. The van der Waals surface area contributed by atoms with Crippen LogP contribution in [0.25, 0.3) is 0 Å². The molecule has 2 radical (unpaired) electrons. The molecule has 0 aliphatic rings. The van der Waals surface area contributed by atoms with Crippen LogP contribution in [0.5, 0.6) is 0 Å². The van der Waals surface area contributed by atoms with Crippen molar-refractivity contribution in [2.24, 2.45) is 11.8 Å². The van der Waals surface area contributed by atoms with Gasteiger partial charge in [0.25, 0.3) is 0 Å². The van der Waals surface area contributed by atoms with E-state index < -0.39 is 0 Å². The van der Waals surface area contributed by atoms with Crippen LogP contribution in [0, 0.1) is 18.8 Å². The lowest BCUT2D eigenvalue weighted by molar-refractivity contribution is -0.132. The highest BCUT2D eigenvalue weighted by Gasteiger charge is 2.17. The molecule has 0 rings (SSSR count). The van der Waals surface area contributed by atoms with Crippen LogP contribution in [0.15, 0.2) is 0 Å². The van der Waals surface area contributed by atoms with Gasteiger partial charge in [0.2, 0.25) is 5.91 Å². The van der Waals surface area contributed by atoms with Crippen LogP contribution in [0.2, 0.25) is 0 Å². The molecule has 2 nitrogen and oxygen atoms in total. The minimum absolute atomic E-state index is 0.00463. The average molecular weight is 141 g/mol. The summed E-state index contributed by atoms with van der Waals surface area (Å²) < 4.78 is 0. The molecular weight excluding hydrogens is 126 g/mol. The summed E-state index contributed by atoms with van der Waals surface area (Å²) in [5, 5.41) is 0. The molecule has 0 aliphatic heterocycles. The van der Waals surface area contributed by atoms with Crippen molar-refractivity contribution in [3.63, 3.8) is 0 Å². The first-order valence-corrected chi connectivity index (χ1v) is 3.43. The van der Waals surface area contributed by atoms with Crippen molar-refractivity contribution in [2.45, 2.75) is 13.8 Å². The van der Waals surface area contributed by atoms with E-state index in [0.717, 1.165) is 0 Å². The Morgan fingerprint density at radius 3 is 1.90 bits per heavy atom. The molecule has 10 heavy (non-hydrogen) atoms. The van der Waals surface area contributed by atoms with Gasteiger partial charge >= 0.3 is 0 Å². The summed E-state index contributed by atoms with van der Waals surface area (Å²) in [6, 6.07) is 0. The zero-order valence-electron chi connectivity index (χ0n) is 7.09. The lowest BCUT2D eigenvalue weighted by atomic mass is 9.97. The Morgan fingerprint density at radius 1 is 1.40 bits per heavy atom. The van der Waals surface area contributed by atoms with Gasteiger partial charge in [-0.1, -0.05) is 13.8 Å².